The molecule has 0 aromatic carbocycles. The number of carbonyl (C=O) groups is 2. The van der Waals surface area contributed by atoms with Gasteiger partial charge >= 0.3 is 12.0 Å². The number of rotatable bonds is 4. The molecule has 0 rings (SSSR count). The SMILES string of the molecule is CC#CCNC(=O)N(C)C(CC)C(=O)O. The van der Waals surface area contributed by atoms with Gasteiger partial charge in [0.1, 0.15) is 6.04 Å². The van der Waals surface area contributed by atoms with Crippen molar-refractivity contribution in [3.8, 4) is 11.8 Å². The Balaban J connectivity index is 4.26. The van der Waals surface area contributed by atoms with E-state index in [0.717, 1.165) is 0 Å². The van der Waals surface area contributed by atoms with E-state index in [0.29, 0.717) is 6.42 Å². The molecule has 0 saturated carbocycles. The van der Waals surface area contributed by atoms with Gasteiger partial charge in [-0.1, -0.05) is 12.8 Å². The van der Waals surface area contributed by atoms with Gasteiger partial charge in [0.2, 0.25) is 0 Å². The first kappa shape index (κ1) is 13.3. The van der Waals surface area contributed by atoms with E-state index in [1.165, 1.54) is 11.9 Å². The maximum Gasteiger partial charge on any atom is 0.326 e. The normalized spacial score (nSPS) is 10.9. The number of amides is 2. The summed E-state index contributed by atoms with van der Waals surface area (Å²) in [5, 5.41) is 11.3. The topological polar surface area (TPSA) is 69.6 Å². The summed E-state index contributed by atoms with van der Waals surface area (Å²) >= 11 is 0. The Kier molecular flexibility index (Phi) is 5.95. The summed E-state index contributed by atoms with van der Waals surface area (Å²) in [7, 11) is 1.46. The van der Waals surface area contributed by atoms with Crippen molar-refractivity contribution < 1.29 is 14.7 Å². The molecule has 15 heavy (non-hydrogen) atoms. The number of carbonyl (C=O) groups excluding carboxylic acids is 1. The molecule has 0 heterocycles. The third-order valence-electron chi connectivity index (χ3n) is 1.96. The highest BCUT2D eigenvalue weighted by Crippen LogP contribution is 2.01. The summed E-state index contributed by atoms with van der Waals surface area (Å²) in [6.07, 6.45) is 0.374. The van der Waals surface area contributed by atoms with Crippen LogP contribution in [0.15, 0.2) is 0 Å². The van der Waals surface area contributed by atoms with Crippen LogP contribution in [0.3, 0.4) is 0 Å². The molecule has 1 atom stereocenters. The molecule has 0 saturated heterocycles. The highest BCUT2D eigenvalue weighted by molar-refractivity contribution is 5.82. The van der Waals surface area contributed by atoms with Gasteiger partial charge in [-0.2, -0.15) is 0 Å². The standard InChI is InChI=1S/C10H16N2O3/c1-4-6-7-11-10(15)12(3)8(5-2)9(13)14/h8H,5,7H2,1-3H3,(H,11,15)(H,13,14). The molecule has 0 spiro atoms. The van der Waals surface area contributed by atoms with Crippen LogP contribution in [-0.4, -0.2) is 41.6 Å². The van der Waals surface area contributed by atoms with E-state index in [-0.39, 0.29) is 6.54 Å². The molecule has 5 nitrogen and oxygen atoms in total. The second-order valence-electron chi connectivity index (χ2n) is 2.96. The Hall–Kier alpha value is -1.70. The second kappa shape index (κ2) is 6.71. The first-order valence-corrected chi connectivity index (χ1v) is 4.67. The number of aliphatic carboxylic acids is 1. The molecule has 2 amide bonds. The molecule has 0 aromatic rings. The van der Waals surface area contributed by atoms with E-state index in [4.69, 9.17) is 5.11 Å². The molecule has 0 aliphatic heterocycles. The van der Waals surface area contributed by atoms with Gasteiger partial charge in [0.25, 0.3) is 0 Å². The minimum absolute atomic E-state index is 0.232. The molecule has 2 N–H and O–H groups in total. The van der Waals surface area contributed by atoms with Crippen LogP contribution in [0.4, 0.5) is 4.79 Å². The summed E-state index contributed by atoms with van der Waals surface area (Å²) in [5.41, 5.74) is 0. The fraction of sp³-hybridized carbons (Fsp3) is 0.600. The zero-order chi connectivity index (χ0) is 11.8. The lowest BCUT2D eigenvalue weighted by Gasteiger charge is -2.23. The predicted octanol–water partition coefficient (Wildman–Crippen LogP) is 0.514. The summed E-state index contributed by atoms with van der Waals surface area (Å²) < 4.78 is 0. The van der Waals surface area contributed by atoms with E-state index < -0.39 is 18.0 Å². The minimum Gasteiger partial charge on any atom is -0.480 e. The van der Waals surface area contributed by atoms with Crippen LogP contribution in [0.5, 0.6) is 0 Å². The molecule has 0 aromatic heterocycles. The molecule has 0 fully saturated rings. The number of urea groups is 1. The first-order chi connectivity index (χ1) is 7.04. The fourth-order valence-electron chi connectivity index (χ4n) is 1.09. The molecular formula is C10H16N2O3. The van der Waals surface area contributed by atoms with Gasteiger partial charge in [0, 0.05) is 7.05 Å². The Bertz CT molecular complexity index is 291. The maximum atomic E-state index is 11.4. The van der Waals surface area contributed by atoms with E-state index >= 15 is 0 Å². The Labute approximate surface area is 89.4 Å². The summed E-state index contributed by atoms with van der Waals surface area (Å²) in [4.78, 5) is 23.3. The van der Waals surface area contributed by atoms with Crippen LogP contribution >= 0.6 is 0 Å². The Morgan fingerprint density at radius 1 is 1.53 bits per heavy atom. The lowest BCUT2D eigenvalue weighted by molar-refractivity contribution is -0.141. The maximum absolute atomic E-state index is 11.4. The third kappa shape index (κ3) is 4.36. The van der Waals surface area contributed by atoms with Crippen LogP contribution in [0.1, 0.15) is 20.3 Å². The predicted molar refractivity (Wildman–Crippen MR) is 56.3 cm³/mol. The highest BCUT2D eigenvalue weighted by atomic mass is 16.4. The third-order valence-corrected chi connectivity index (χ3v) is 1.96. The van der Waals surface area contributed by atoms with Gasteiger partial charge in [0.15, 0.2) is 0 Å². The zero-order valence-corrected chi connectivity index (χ0v) is 9.20. The number of hydrogen-bond acceptors (Lipinski definition) is 2. The van der Waals surface area contributed by atoms with Crippen LogP contribution in [0.25, 0.3) is 0 Å². The largest absolute Gasteiger partial charge is 0.480 e. The lowest BCUT2D eigenvalue weighted by Crippen LogP contribution is -2.47. The van der Waals surface area contributed by atoms with Crippen molar-refractivity contribution in [1.82, 2.24) is 10.2 Å². The van der Waals surface area contributed by atoms with Crippen molar-refractivity contribution in [3.05, 3.63) is 0 Å². The van der Waals surface area contributed by atoms with Crippen molar-refractivity contribution >= 4 is 12.0 Å². The molecule has 84 valence electrons. The quantitative estimate of drug-likeness (QED) is 0.667. The van der Waals surface area contributed by atoms with Crippen LogP contribution in [-0.2, 0) is 4.79 Å². The number of likely N-dealkylation sites (N-methyl/N-ethyl adjacent to an activating group) is 1. The summed E-state index contributed by atoms with van der Waals surface area (Å²) in [5.74, 6) is 4.29. The molecule has 1 unspecified atom stereocenters. The number of nitrogens with one attached hydrogen (secondary N) is 1. The van der Waals surface area contributed by atoms with Crippen molar-refractivity contribution in [2.24, 2.45) is 0 Å². The summed E-state index contributed by atoms with van der Waals surface area (Å²) in [6, 6.07) is -1.22. The van der Waals surface area contributed by atoms with Gasteiger partial charge in [-0.3, -0.25) is 0 Å². The van der Waals surface area contributed by atoms with Crippen molar-refractivity contribution in [2.45, 2.75) is 26.3 Å². The van der Waals surface area contributed by atoms with Crippen molar-refractivity contribution in [3.63, 3.8) is 0 Å². The Morgan fingerprint density at radius 2 is 2.13 bits per heavy atom. The number of carboxylic acids is 1. The number of nitrogens with zero attached hydrogens (tertiary/aromatic N) is 1. The van der Waals surface area contributed by atoms with Gasteiger partial charge in [0.05, 0.1) is 6.54 Å². The smallest absolute Gasteiger partial charge is 0.326 e. The monoisotopic (exact) mass is 212 g/mol. The average molecular weight is 212 g/mol. The molecule has 0 radical (unpaired) electrons. The van der Waals surface area contributed by atoms with Gasteiger partial charge in [-0.25, -0.2) is 9.59 Å². The second-order valence-corrected chi connectivity index (χ2v) is 2.96. The molecule has 0 aliphatic rings. The first-order valence-electron chi connectivity index (χ1n) is 4.67. The van der Waals surface area contributed by atoms with E-state index in [2.05, 4.69) is 17.2 Å². The Morgan fingerprint density at radius 3 is 2.53 bits per heavy atom. The van der Waals surface area contributed by atoms with Gasteiger partial charge in [-0.15, -0.1) is 5.92 Å². The van der Waals surface area contributed by atoms with Crippen LogP contribution in [0.2, 0.25) is 0 Å². The minimum atomic E-state index is -1.00. The average Bonchev–Trinajstić information content (AvgIpc) is 2.18. The van der Waals surface area contributed by atoms with Crippen molar-refractivity contribution in [1.29, 1.82) is 0 Å². The van der Waals surface area contributed by atoms with E-state index in [1.807, 2.05) is 0 Å². The number of carboxylic acid groups (broad SMARTS) is 1. The van der Waals surface area contributed by atoms with Gasteiger partial charge < -0.3 is 15.3 Å². The van der Waals surface area contributed by atoms with Gasteiger partial charge in [-0.05, 0) is 13.3 Å². The van der Waals surface area contributed by atoms with Crippen LogP contribution < -0.4 is 5.32 Å². The fourth-order valence-corrected chi connectivity index (χ4v) is 1.09. The molecule has 5 heteroatoms. The molecule has 0 bridgehead atoms. The molecule has 0 aliphatic carbocycles. The summed E-state index contributed by atoms with van der Waals surface area (Å²) in [6.45, 7) is 3.62. The van der Waals surface area contributed by atoms with E-state index in [1.54, 1.807) is 13.8 Å². The van der Waals surface area contributed by atoms with Crippen molar-refractivity contribution in [2.75, 3.05) is 13.6 Å². The molecular weight excluding hydrogens is 196 g/mol. The van der Waals surface area contributed by atoms with E-state index in [9.17, 15) is 9.59 Å². The lowest BCUT2D eigenvalue weighted by atomic mass is 10.2. The number of hydrogen-bond donors (Lipinski definition) is 2. The highest BCUT2D eigenvalue weighted by Gasteiger charge is 2.23. The van der Waals surface area contributed by atoms with Crippen LogP contribution in [0, 0.1) is 11.8 Å². The zero-order valence-electron chi connectivity index (χ0n) is 9.20.